The lowest BCUT2D eigenvalue weighted by Crippen LogP contribution is -2.36. The van der Waals surface area contributed by atoms with Gasteiger partial charge in [0.25, 0.3) is 0 Å². The Morgan fingerprint density at radius 2 is 1.87 bits per heavy atom. The number of amides is 1. The number of anilines is 1. The van der Waals surface area contributed by atoms with Crippen LogP contribution in [0.4, 0.5) is 9.52 Å². The molecule has 0 aliphatic carbocycles. The summed E-state index contributed by atoms with van der Waals surface area (Å²) in [7, 11) is 4.01. The number of nitrogens with zero attached hydrogens (tertiary/aromatic N) is 3. The molecule has 0 bridgehead atoms. The molecule has 3 rings (SSSR count). The van der Waals surface area contributed by atoms with Gasteiger partial charge in [0, 0.05) is 29.3 Å². The molecule has 1 aromatic heterocycles. The van der Waals surface area contributed by atoms with E-state index in [9.17, 15) is 9.18 Å². The van der Waals surface area contributed by atoms with E-state index in [1.165, 1.54) is 12.1 Å². The Bertz CT molecular complexity index is 982. The average Bonchev–Trinajstić information content (AvgIpc) is 3.16. The summed E-state index contributed by atoms with van der Waals surface area (Å²) >= 11 is 4.89. The molecule has 3 aromatic rings. The van der Waals surface area contributed by atoms with Gasteiger partial charge in [0.2, 0.25) is 5.91 Å². The quantitative estimate of drug-likeness (QED) is 0.251. The summed E-state index contributed by atoms with van der Waals surface area (Å²) in [6.07, 6.45) is 3.27. The van der Waals surface area contributed by atoms with Crippen LogP contribution in [0.5, 0.6) is 0 Å². The van der Waals surface area contributed by atoms with Crippen molar-refractivity contribution in [2.45, 2.75) is 22.6 Å². The first-order chi connectivity index (χ1) is 14.5. The molecule has 0 unspecified atom stereocenters. The van der Waals surface area contributed by atoms with Gasteiger partial charge >= 0.3 is 0 Å². The Kier molecular flexibility index (Phi) is 10.6. The third-order valence-corrected chi connectivity index (χ3v) is 7.42. The van der Waals surface area contributed by atoms with Crippen LogP contribution in [0.15, 0.2) is 52.3 Å². The molecule has 9 heteroatoms. The van der Waals surface area contributed by atoms with Crippen molar-refractivity contribution in [1.82, 2.24) is 9.88 Å². The van der Waals surface area contributed by atoms with Gasteiger partial charge < -0.3 is 4.90 Å². The molecular weight excluding hydrogens is 473 g/mol. The minimum absolute atomic E-state index is 0. The first-order valence-electron chi connectivity index (χ1n) is 9.75. The van der Waals surface area contributed by atoms with Crippen LogP contribution in [0.3, 0.4) is 0 Å². The lowest BCUT2D eigenvalue weighted by molar-refractivity contribution is -0.118. The van der Waals surface area contributed by atoms with E-state index in [1.54, 1.807) is 47.0 Å². The number of carbonyl (C=O) groups excluding carboxylic acids is 1. The number of benzene rings is 2. The maximum Gasteiger partial charge on any atom is 0.228 e. The van der Waals surface area contributed by atoms with E-state index in [0.29, 0.717) is 13.0 Å². The van der Waals surface area contributed by atoms with Gasteiger partial charge in [-0.15, -0.1) is 35.9 Å². The van der Waals surface area contributed by atoms with Gasteiger partial charge in [-0.2, -0.15) is 0 Å². The van der Waals surface area contributed by atoms with Crippen molar-refractivity contribution in [3.05, 3.63) is 48.3 Å². The normalized spacial score (nSPS) is 11.0. The second-order valence-corrected chi connectivity index (χ2v) is 10.1. The molecular formula is C22H27ClFN3OS3. The molecule has 168 valence electrons. The SMILES string of the molecule is CSc1cccc2sc(N(CCN(C)C)C(=O)CCCSc3ccc(F)cc3)nc12.Cl. The number of para-hydroxylation sites is 1. The highest BCUT2D eigenvalue weighted by Crippen LogP contribution is 2.34. The molecule has 0 spiro atoms. The first kappa shape index (κ1) is 25.9. The van der Waals surface area contributed by atoms with Crippen LogP contribution in [0.2, 0.25) is 0 Å². The van der Waals surface area contributed by atoms with Crippen molar-refractivity contribution in [3.63, 3.8) is 0 Å². The summed E-state index contributed by atoms with van der Waals surface area (Å²) in [5, 5.41) is 0.768. The summed E-state index contributed by atoms with van der Waals surface area (Å²) in [5.41, 5.74) is 0.972. The van der Waals surface area contributed by atoms with E-state index in [1.807, 2.05) is 31.3 Å². The van der Waals surface area contributed by atoms with E-state index >= 15 is 0 Å². The number of hydrogen-bond acceptors (Lipinski definition) is 6. The maximum atomic E-state index is 13.1. The van der Waals surface area contributed by atoms with Crippen LogP contribution in [-0.2, 0) is 4.79 Å². The first-order valence-corrected chi connectivity index (χ1v) is 12.8. The summed E-state index contributed by atoms with van der Waals surface area (Å²) in [6.45, 7) is 1.40. The van der Waals surface area contributed by atoms with E-state index in [4.69, 9.17) is 4.98 Å². The number of aromatic nitrogens is 1. The number of thiazole rings is 1. The van der Waals surface area contributed by atoms with Gasteiger partial charge in [-0.05, 0) is 68.9 Å². The highest BCUT2D eigenvalue weighted by Gasteiger charge is 2.20. The standard InChI is InChI=1S/C22H26FN3OS3.ClH/c1-25(2)13-14-26(22-24-21-18(28-3)6-4-7-19(21)30-22)20(27)8-5-15-29-17-11-9-16(23)10-12-17;/h4,6-7,9-12H,5,8,13-15H2,1-3H3;1H. The van der Waals surface area contributed by atoms with Crippen LogP contribution in [0.1, 0.15) is 12.8 Å². The second kappa shape index (κ2) is 12.6. The lowest BCUT2D eigenvalue weighted by atomic mass is 10.3. The van der Waals surface area contributed by atoms with Gasteiger partial charge in [0.05, 0.1) is 10.2 Å². The summed E-state index contributed by atoms with van der Waals surface area (Å²) in [6, 6.07) is 12.6. The Balaban J connectivity index is 0.00000341. The van der Waals surface area contributed by atoms with Crippen molar-refractivity contribution in [1.29, 1.82) is 0 Å². The van der Waals surface area contributed by atoms with E-state index in [0.717, 1.165) is 43.9 Å². The Morgan fingerprint density at radius 1 is 1.13 bits per heavy atom. The number of rotatable bonds is 10. The van der Waals surface area contributed by atoms with Gasteiger partial charge in [0.15, 0.2) is 5.13 Å². The highest BCUT2D eigenvalue weighted by atomic mass is 35.5. The maximum absolute atomic E-state index is 13.1. The molecule has 31 heavy (non-hydrogen) atoms. The van der Waals surface area contributed by atoms with Gasteiger partial charge in [-0.1, -0.05) is 17.4 Å². The van der Waals surface area contributed by atoms with E-state index in [2.05, 4.69) is 17.0 Å². The fraction of sp³-hybridized carbons (Fsp3) is 0.364. The average molecular weight is 500 g/mol. The number of halogens is 2. The van der Waals surface area contributed by atoms with Crippen molar-refractivity contribution in [2.24, 2.45) is 0 Å². The third-order valence-electron chi connectivity index (χ3n) is 4.51. The van der Waals surface area contributed by atoms with Gasteiger partial charge in [0.1, 0.15) is 5.82 Å². The zero-order valence-corrected chi connectivity index (χ0v) is 21.1. The molecule has 0 saturated carbocycles. The molecule has 0 radical (unpaired) electrons. The molecule has 0 saturated heterocycles. The molecule has 1 heterocycles. The highest BCUT2D eigenvalue weighted by molar-refractivity contribution is 7.99. The van der Waals surface area contributed by atoms with Crippen molar-refractivity contribution in [3.8, 4) is 0 Å². The van der Waals surface area contributed by atoms with Crippen LogP contribution in [0, 0.1) is 5.82 Å². The van der Waals surface area contributed by atoms with Crippen molar-refractivity contribution >= 4 is 68.5 Å². The Hall–Kier alpha value is -1.32. The van der Waals surface area contributed by atoms with Crippen molar-refractivity contribution in [2.75, 3.05) is 44.1 Å². The molecule has 0 aliphatic heterocycles. The van der Waals surface area contributed by atoms with Crippen LogP contribution in [0.25, 0.3) is 10.2 Å². The van der Waals surface area contributed by atoms with Gasteiger partial charge in [-0.3, -0.25) is 9.69 Å². The predicted molar refractivity (Wildman–Crippen MR) is 136 cm³/mol. The van der Waals surface area contributed by atoms with Crippen molar-refractivity contribution < 1.29 is 9.18 Å². The lowest BCUT2D eigenvalue weighted by Gasteiger charge is -2.22. The molecule has 1 amide bonds. The fourth-order valence-electron chi connectivity index (χ4n) is 2.90. The number of thioether (sulfide) groups is 2. The zero-order valence-electron chi connectivity index (χ0n) is 17.8. The monoisotopic (exact) mass is 499 g/mol. The number of fused-ring (bicyclic) bond motifs is 1. The number of hydrogen-bond donors (Lipinski definition) is 0. The van der Waals surface area contributed by atoms with E-state index in [-0.39, 0.29) is 24.1 Å². The molecule has 0 N–H and O–H groups in total. The van der Waals surface area contributed by atoms with Crippen LogP contribution < -0.4 is 4.90 Å². The minimum atomic E-state index is -0.230. The summed E-state index contributed by atoms with van der Waals surface area (Å²) < 4.78 is 14.1. The molecule has 0 fully saturated rings. The second-order valence-electron chi connectivity index (χ2n) is 7.06. The Labute approximate surface area is 202 Å². The third kappa shape index (κ3) is 7.36. The molecule has 0 atom stereocenters. The largest absolute Gasteiger partial charge is 0.308 e. The fourth-order valence-corrected chi connectivity index (χ4v) is 5.41. The minimum Gasteiger partial charge on any atom is -0.308 e. The van der Waals surface area contributed by atoms with E-state index < -0.39 is 0 Å². The summed E-state index contributed by atoms with van der Waals surface area (Å²) in [5.74, 6) is 0.683. The topological polar surface area (TPSA) is 36.4 Å². The zero-order chi connectivity index (χ0) is 21.5. The van der Waals surface area contributed by atoms with Crippen LogP contribution in [-0.4, -0.2) is 55.0 Å². The molecule has 2 aromatic carbocycles. The smallest absolute Gasteiger partial charge is 0.228 e. The molecule has 4 nitrogen and oxygen atoms in total. The number of carbonyl (C=O) groups is 1. The Morgan fingerprint density at radius 3 is 2.55 bits per heavy atom. The van der Waals surface area contributed by atoms with Gasteiger partial charge in [-0.25, -0.2) is 9.37 Å². The van der Waals surface area contributed by atoms with Crippen LogP contribution >= 0.6 is 47.3 Å². The molecule has 0 aliphatic rings. The number of likely N-dealkylation sites (N-methyl/N-ethyl adjacent to an activating group) is 1. The summed E-state index contributed by atoms with van der Waals surface area (Å²) in [4.78, 5) is 23.9. The predicted octanol–water partition coefficient (Wildman–Crippen LogP) is 6.05.